The molecule has 0 radical (unpaired) electrons. The summed E-state index contributed by atoms with van der Waals surface area (Å²) in [6, 6.07) is 6.55. The topological polar surface area (TPSA) is 53.7 Å². The van der Waals surface area contributed by atoms with Gasteiger partial charge in [0.2, 0.25) is 5.76 Å². The highest BCUT2D eigenvalue weighted by molar-refractivity contribution is 5.95. The third-order valence-corrected chi connectivity index (χ3v) is 2.77. The molecule has 7 heteroatoms. The molecule has 4 nitrogen and oxygen atoms in total. The van der Waals surface area contributed by atoms with E-state index in [4.69, 9.17) is 9.52 Å². The number of hydrogen-bond donors (Lipinski definition) is 1. The van der Waals surface area contributed by atoms with E-state index >= 15 is 0 Å². The molecule has 2 rings (SSSR count). The summed E-state index contributed by atoms with van der Waals surface area (Å²) in [5, 5.41) is 9.59. The second-order valence-corrected chi connectivity index (χ2v) is 4.50. The number of carbonyl (C=O) groups is 1. The summed E-state index contributed by atoms with van der Waals surface area (Å²) in [5.41, 5.74) is 0.597. The maximum Gasteiger partial charge on any atom is 0.401 e. The minimum atomic E-state index is -4.34. The van der Waals surface area contributed by atoms with Gasteiger partial charge in [0.1, 0.15) is 5.58 Å². The lowest BCUT2D eigenvalue weighted by molar-refractivity contribution is -0.144. The summed E-state index contributed by atoms with van der Waals surface area (Å²) in [4.78, 5) is 12.1. The van der Waals surface area contributed by atoms with E-state index in [2.05, 4.69) is 0 Å². The summed E-state index contributed by atoms with van der Waals surface area (Å²) in [6.07, 6.45) is -4.34. The number of benzene rings is 1. The van der Waals surface area contributed by atoms with Crippen molar-refractivity contribution < 1.29 is 27.5 Å². The quantitative estimate of drug-likeness (QED) is 0.938. The zero-order valence-corrected chi connectivity index (χ0v) is 10.6. The van der Waals surface area contributed by atoms with Crippen molar-refractivity contribution in [1.29, 1.82) is 0 Å². The highest BCUT2D eigenvalue weighted by Gasteiger charge is 2.30. The lowest BCUT2D eigenvalue weighted by Gasteiger charge is -2.18. The lowest BCUT2D eigenvalue weighted by atomic mass is 10.1. The van der Waals surface area contributed by atoms with Crippen molar-refractivity contribution in [3.8, 4) is 0 Å². The molecule has 2 aromatic rings. The maximum atomic E-state index is 12.3. The zero-order valence-electron chi connectivity index (χ0n) is 10.6. The van der Waals surface area contributed by atoms with Crippen LogP contribution in [-0.4, -0.2) is 35.7 Å². The second-order valence-electron chi connectivity index (χ2n) is 4.50. The van der Waals surface area contributed by atoms with Crippen LogP contribution in [0, 0.1) is 0 Å². The molecule has 0 saturated carbocycles. The van der Waals surface area contributed by atoms with Crippen molar-refractivity contribution >= 4 is 16.9 Å². The van der Waals surface area contributed by atoms with E-state index in [0.29, 0.717) is 11.0 Å². The summed E-state index contributed by atoms with van der Waals surface area (Å²) < 4.78 is 42.2. The van der Waals surface area contributed by atoms with Gasteiger partial charge in [-0.25, -0.2) is 4.79 Å². The molecule has 0 amide bonds. The van der Waals surface area contributed by atoms with Crippen LogP contribution >= 0.6 is 0 Å². The highest BCUT2D eigenvalue weighted by Crippen LogP contribution is 2.27. The molecule has 0 spiro atoms. The number of fused-ring (bicyclic) bond motifs is 1. The normalized spacial score (nSPS) is 12.2. The van der Waals surface area contributed by atoms with E-state index in [1.807, 2.05) is 0 Å². The molecule has 0 unspecified atom stereocenters. The fraction of sp³-hybridized carbons (Fsp3) is 0.308. The van der Waals surface area contributed by atoms with Gasteiger partial charge in [0.25, 0.3) is 0 Å². The van der Waals surface area contributed by atoms with Crippen LogP contribution in [0.25, 0.3) is 11.0 Å². The molecule has 1 aromatic heterocycles. The second kappa shape index (κ2) is 5.16. The van der Waals surface area contributed by atoms with Gasteiger partial charge in [-0.1, -0.05) is 18.2 Å². The molecule has 1 aromatic carbocycles. The number of carboxylic acids is 1. The zero-order chi connectivity index (χ0) is 14.9. The lowest BCUT2D eigenvalue weighted by Crippen LogP contribution is -2.30. The Morgan fingerprint density at radius 2 is 2.00 bits per heavy atom. The number of hydrogen-bond acceptors (Lipinski definition) is 3. The average Bonchev–Trinajstić information content (AvgIpc) is 2.66. The molecule has 0 saturated heterocycles. The van der Waals surface area contributed by atoms with Crippen molar-refractivity contribution in [2.24, 2.45) is 0 Å². The van der Waals surface area contributed by atoms with Crippen molar-refractivity contribution in [3.63, 3.8) is 0 Å². The monoisotopic (exact) mass is 287 g/mol. The average molecular weight is 287 g/mol. The molecule has 20 heavy (non-hydrogen) atoms. The van der Waals surface area contributed by atoms with Crippen molar-refractivity contribution in [1.82, 2.24) is 4.90 Å². The number of rotatable bonds is 4. The van der Waals surface area contributed by atoms with Crippen LogP contribution in [0.2, 0.25) is 0 Å². The van der Waals surface area contributed by atoms with Crippen LogP contribution < -0.4 is 0 Å². The Kier molecular flexibility index (Phi) is 3.71. The number of furan rings is 1. The van der Waals surface area contributed by atoms with Gasteiger partial charge in [-0.3, -0.25) is 4.90 Å². The highest BCUT2D eigenvalue weighted by atomic mass is 19.4. The Bertz CT molecular complexity index is 633. The smallest absolute Gasteiger partial charge is 0.401 e. The number of aromatic carboxylic acids is 1. The molecule has 1 N–H and O–H groups in total. The summed E-state index contributed by atoms with van der Waals surface area (Å²) >= 11 is 0. The Morgan fingerprint density at radius 3 is 2.60 bits per heavy atom. The van der Waals surface area contributed by atoms with Gasteiger partial charge in [-0.2, -0.15) is 13.2 Å². The molecule has 0 fully saturated rings. The van der Waals surface area contributed by atoms with Crippen LogP contribution in [0.15, 0.2) is 28.7 Å². The van der Waals surface area contributed by atoms with Crippen LogP contribution in [0.1, 0.15) is 16.1 Å². The van der Waals surface area contributed by atoms with E-state index in [1.54, 1.807) is 24.3 Å². The Hall–Kier alpha value is -2.02. The van der Waals surface area contributed by atoms with Gasteiger partial charge in [0.15, 0.2) is 0 Å². The number of alkyl halides is 3. The van der Waals surface area contributed by atoms with Crippen LogP contribution in [-0.2, 0) is 6.54 Å². The van der Waals surface area contributed by atoms with Crippen molar-refractivity contribution in [3.05, 3.63) is 35.6 Å². The first-order chi connectivity index (χ1) is 9.28. The fourth-order valence-electron chi connectivity index (χ4n) is 2.06. The van der Waals surface area contributed by atoms with E-state index < -0.39 is 18.7 Å². The van der Waals surface area contributed by atoms with Crippen LogP contribution in [0.4, 0.5) is 13.2 Å². The Morgan fingerprint density at radius 1 is 1.35 bits per heavy atom. The van der Waals surface area contributed by atoms with Gasteiger partial charge in [0, 0.05) is 17.5 Å². The molecule has 0 bridgehead atoms. The first kappa shape index (κ1) is 14.4. The molecule has 0 aliphatic carbocycles. The first-order valence-electron chi connectivity index (χ1n) is 5.77. The van der Waals surface area contributed by atoms with Gasteiger partial charge < -0.3 is 9.52 Å². The predicted octanol–water partition coefficient (Wildman–Crippen LogP) is 3.13. The first-order valence-corrected chi connectivity index (χ1v) is 5.77. The molecular weight excluding hydrogens is 275 g/mol. The number of para-hydroxylation sites is 1. The van der Waals surface area contributed by atoms with Crippen LogP contribution in [0.3, 0.4) is 0 Å². The number of halogens is 3. The molecule has 0 aliphatic rings. The number of nitrogens with zero attached hydrogens (tertiary/aromatic N) is 1. The van der Waals surface area contributed by atoms with Crippen molar-refractivity contribution in [2.75, 3.05) is 13.6 Å². The van der Waals surface area contributed by atoms with Crippen LogP contribution in [0.5, 0.6) is 0 Å². The molecule has 1 heterocycles. The minimum Gasteiger partial charge on any atom is -0.475 e. The molecule has 0 atom stereocenters. The third kappa shape index (κ3) is 3.11. The Balaban J connectivity index is 2.37. The van der Waals surface area contributed by atoms with Gasteiger partial charge in [-0.05, 0) is 13.1 Å². The van der Waals surface area contributed by atoms with Gasteiger partial charge in [-0.15, -0.1) is 0 Å². The standard InChI is InChI=1S/C13H12F3NO3/c1-17(7-13(14,15)16)6-9-8-4-2-3-5-10(8)20-11(9)12(18)19/h2-5H,6-7H2,1H3,(H,18,19). The van der Waals surface area contributed by atoms with E-state index in [-0.39, 0.29) is 17.9 Å². The van der Waals surface area contributed by atoms with Crippen molar-refractivity contribution in [2.45, 2.75) is 12.7 Å². The SMILES string of the molecule is CN(Cc1c(C(=O)O)oc2ccccc12)CC(F)(F)F. The maximum absolute atomic E-state index is 12.3. The molecule has 0 aliphatic heterocycles. The summed E-state index contributed by atoms with van der Waals surface area (Å²) in [6.45, 7) is -1.27. The number of carboxylic acid groups (broad SMARTS) is 1. The summed E-state index contributed by atoms with van der Waals surface area (Å²) in [5.74, 6) is -1.61. The predicted molar refractivity (Wildman–Crippen MR) is 65.6 cm³/mol. The summed E-state index contributed by atoms with van der Waals surface area (Å²) in [7, 11) is 1.28. The minimum absolute atomic E-state index is 0.155. The molecule has 108 valence electrons. The van der Waals surface area contributed by atoms with Gasteiger partial charge in [0.05, 0.1) is 6.54 Å². The van der Waals surface area contributed by atoms with E-state index in [0.717, 1.165) is 4.90 Å². The fourth-order valence-corrected chi connectivity index (χ4v) is 2.06. The third-order valence-electron chi connectivity index (χ3n) is 2.77. The largest absolute Gasteiger partial charge is 0.475 e. The van der Waals surface area contributed by atoms with Gasteiger partial charge >= 0.3 is 12.1 Å². The Labute approximate surface area is 112 Å². The molecular formula is C13H12F3NO3. The van der Waals surface area contributed by atoms with E-state index in [9.17, 15) is 18.0 Å². The van der Waals surface area contributed by atoms with E-state index in [1.165, 1.54) is 7.05 Å².